The summed E-state index contributed by atoms with van der Waals surface area (Å²) in [6, 6.07) is 15.3. The summed E-state index contributed by atoms with van der Waals surface area (Å²) in [5.74, 6) is -1.22. The van der Waals surface area contributed by atoms with Crippen molar-refractivity contribution in [3.8, 4) is 0 Å². The SMILES string of the molecule is CCN(C(=O)[C@@H](C)OC(=O)CNS(=O)(=O)c1ccc(C)cc1)c1ccccc1. The number of nitrogens with zero attached hydrogens (tertiary/aromatic N) is 1. The third kappa shape index (κ3) is 5.64. The van der Waals surface area contributed by atoms with Gasteiger partial charge in [0.15, 0.2) is 6.10 Å². The number of amides is 1. The van der Waals surface area contributed by atoms with E-state index in [1.807, 2.05) is 32.0 Å². The van der Waals surface area contributed by atoms with Gasteiger partial charge in [0.1, 0.15) is 6.54 Å². The molecule has 1 amide bonds. The van der Waals surface area contributed by atoms with Gasteiger partial charge in [0.05, 0.1) is 4.90 Å². The van der Waals surface area contributed by atoms with Crippen molar-refractivity contribution in [3.05, 3.63) is 60.2 Å². The molecule has 0 heterocycles. The maximum Gasteiger partial charge on any atom is 0.321 e. The van der Waals surface area contributed by atoms with Crippen LogP contribution in [-0.2, 0) is 24.3 Å². The number of para-hydroxylation sites is 1. The minimum atomic E-state index is -3.84. The van der Waals surface area contributed by atoms with Gasteiger partial charge in [-0.25, -0.2) is 8.42 Å². The Balaban J connectivity index is 1.94. The first-order chi connectivity index (χ1) is 13.2. The van der Waals surface area contributed by atoms with E-state index in [0.29, 0.717) is 12.2 Å². The lowest BCUT2D eigenvalue weighted by Crippen LogP contribution is -2.41. The van der Waals surface area contributed by atoms with Crippen molar-refractivity contribution in [2.45, 2.75) is 31.8 Å². The highest BCUT2D eigenvalue weighted by Crippen LogP contribution is 2.15. The predicted molar refractivity (Wildman–Crippen MR) is 106 cm³/mol. The first kappa shape index (κ1) is 21.6. The number of ether oxygens (including phenoxy) is 1. The average molecular weight is 404 g/mol. The number of aryl methyl sites for hydroxylation is 1. The number of benzene rings is 2. The molecule has 0 bridgehead atoms. The fourth-order valence-corrected chi connectivity index (χ4v) is 3.51. The molecule has 0 spiro atoms. The molecule has 0 aliphatic carbocycles. The van der Waals surface area contributed by atoms with Crippen LogP contribution >= 0.6 is 0 Å². The third-order valence-corrected chi connectivity index (χ3v) is 5.46. The van der Waals surface area contributed by atoms with E-state index in [2.05, 4.69) is 4.72 Å². The number of sulfonamides is 1. The Kier molecular flexibility index (Phi) is 7.31. The van der Waals surface area contributed by atoms with Crippen molar-refractivity contribution in [2.75, 3.05) is 18.0 Å². The molecule has 150 valence electrons. The molecule has 7 nitrogen and oxygen atoms in total. The van der Waals surface area contributed by atoms with E-state index in [1.54, 1.807) is 24.3 Å². The van der Waals surface area contributed by atoms with Crippen LogP contribution in [0.5, 0.6) is 0 Å². The van der Waals surface area contributed by atoms with Crippen molar-refractivity contribution in [1.29, 1.82) is 0 Å². The lowest BCUT2D eigenvalue weighted by atomic mass is 10.2. The van der Waals surface area contributed by atoms with E-state index in [4.69, 9.17) is 4.74 Å². The summed E-state index contributed by atoms with van der Waals surface area (Å²) < 4.78 is 31.7. The number of carbonyl (C=O) groups is 2. The topological polar surface area (TPSA) is 92.8 Å². The third-order valence-electron chi connectivity index (χ3n) is 4.04. The smallest absolute Gasteiger partial charge is 0.321 e. The van der Waals surface area contributed by atoms with Gasteiger partial charge in [-0.3, -0.25) is 9.59 Å². The van der Waals surface area contributed by atoms with Gasteiger partial charge in [-0.05, 0) is 45.0 Å². The molecular formula is C20H24N2O5S. The molecule has 1 N–H and O–H groups in total. The van der Waals surface area contributed by atoms with E-state index in [1.165, 1.54) is 24.0 Å². The molecule has 2 rings (SSSR count). The Labute approximate surface area is 165 Å². The van der Waals surface area contributed by atoms with E-state index in [9.17, 15) is 18.0 Å². The summed E-state index contributed by atoms with van der Waals surface area (Å²) in [5, 5.41) is 0. The van der Waals surface area contributed by atoms with Crippen molar-refractivity contribution >= 4 is 27.6 Å². The van der Waals surface area contributed by atoms with Gasteiger partial charge in [0.2, 0.25) is 10.0 Å². The Hall–Kier alpha value is -2.71. The van der Waals surface area contributed by atoms with Crippen LogP contribution in [-0.4, -0.2) is 39.5 Å². The van der Waals surface area contributed by atoms with E-state index in [0.717, 1.165) is 5.56 Å². The second-order valence-corrected chi connectivity index (χ2v) is 7.95. The number of rotatable bonds is 8. The average Bonchev–Trinajstić information content (AvgIpc) is 2.68. The van der Waals surface area contributed by atoms with Gasteiger partial charge >= 0.3 is 5.97 Å². The molecule has 2 aromatic rings. The lowest BCUT2D eigenvalue weighted by Gasteiger charge is -2.24. The fraction of sp³-hybridized carbons (Fsp3) is 0.300. The first-order valence-electron chi connectivity index (χ1n) is 8.87. The van der Waals surface area contributed by atoms with Crippen LogP contribution in [0.2, 0.25) is 0 Å². The Morgan fingerprint density at radius 2 is 1.68 bits per heavy atom. The van der Waals surface area contributed by atoms with E-state index >= 15 is 0 Å². The summed E-state index contributed by atoms with van der Waals surface area (Å²) in [6.45, 7) is 4.96. The van der Waals surface area contributed by atoms with Crippen molar-refractivity contribution in [3.63, 3.8) is 0 Å². The number of anilines is 1. The minimum Gasteiger partial charge on any atom is -0.452 e. The van der Waals surface area contributed by atoms with Crippen LogP contribution in [0.3, 0.4) is 0 Å². The number of carbonyl (C=O) groups excluding carboxylic acids is 2. The number of likely N-dealkylation sites (N-methyl/N-ethyl adjacent to an activating group) is 1. The summed E-state index contributed by atoms with van der Waals surface area (Å²) in [4.78, 5) is 26.1. The van der Waals surface area contributed by atoms with E-state index in [-0.39, 0.29) is 10.8 Å². The molecule has 0 radical (unpaired) electrons. The molecule has 0 unspecified atom stereocenters. The van der Waals surface area contributed by atoms with Crippen molar-refractivity contribution in [2.24, 2.45) is 0 Å². The minimum absolute atomic E-state index is 0.0521. The zero-order valence-electron chi connectivity index (χ0n) is 16.1. The molecule has 28 heavy (non-hydrogen) atoms. The molecule has 8 heteroatoms. The van der Waals surface area contributed by atoms with Crippen LogP contribution in [0, 0.1) is 6.92 Å². The second-order valence-electron chi connectivity index (χ2n) is 6.19. The van der Waals surface area contributed by atoms with Crippen molar-refractivity contribution in [1.82, 2.24) is 4.72 Å². The Morgan fingerprint density at radius 1 is 1.07 bits per heavy atom. The second kappa shape index (κ2) is 9.48. The molecule has 0 aliphatic rings. The first-order valence-corrected chi connectivity index (χ1v) is 10.3. The monoisotopic (exact) mass is 404 g/mol. The lowest BCUT2D eigenvalue weighted by molar-refractivity contribution is -0.152. The highest BCUT2D eigenvalue weighted by Gasteiger charge is 2.25. The van der Waals surface area contributed by atoms with Gasteiger partial charge in [-0.2, -0.15) is 4.72 Å². The van der Waals surface area contributed by atoms with Gasteiger partial charge in [0, 0.05) is 12.2 Å². The molecule has 0 saturated heterocycles. The van der Waals surface area contributed by atoms with E-state index < -0.39 is 28.6 Å². The quantitative estimate of drug-likeness (QED) is 0.681. The molecular weight excluding hydrogens is 380 g/mol. The normalized spacial score (nSPS) is 12.2. The zero-order chi connectivity index (χ0) is 20.7. The summed E-state index contributed by atoms with van der Waals surface area (Å²) in [7, 11) is -3.84. The Bertz CT molecular complexity index is 911. The predicted octanol–water partition coefficient (Wildman–Crippen LogP) is 2.26. The molecule has 2 aromatic carbocycles. The maximum atomic E-state index is 12.6. The van der Waals surface area contributed by atoms with Crippen molar-refractivity contribution < 1.29 is 22.7 Å². The molecule has 0 aromatic heterocycles. The number of esters is 1. The Morgan fingerprint density at radius 3 is 2.25 bits per heavy atom. The molecule has 1 atom stereocenters. The van der Waals surface area contributed by atoms with Crippen LogP contribution in [0.1, 0.15) is 19.4 Å². The van der Waals surface area contributed by atoms with Crippen LogP contribution < -0.4 is 9.62 Å². The summed E-state index contributed by atoms with van der Waals surface area (Å²) >= 11 is 0. The standard InChI is InChI=1S/C20H24N2O5S/c1-4-22(17-8-6-5-7-9-17)20(24)16(3)27-19(23)14-21-28(25,26)18-12-10-15(2)11-13-18/h5-13,16,21H,4,14H2,1-3H3/t16-/m1/s1. The molecule has 0 fully saturated rings. The van der Waals surface area contributed by atoms with Gasteiger partial charge in [-0.15, -0.1) is 0 Å². The summed E-state index contributed by atoms with van der Waals surface area (Å²) in [5.41, 5.74) is 1.61. The van der Waals surface area contributed by atoms with Gasteiger partial charge < -0.3 is 9.64 Å². The molecule has 0 aliphatic heterocycles. The molecule has 0 saturated carbocycles. The van der Waals surface area contributed by atoms with Crippen LogP contribution in [0.4, 0.5) is 5.69 Å². The largest absolute Gasteiger partial charge is 0.452 e. The highest BCUT2D eigenvalue weighted by atomic mass is 32.2. The zero-order valence-corrected chi connectivity index (χ0v) is 16.9. The highest BCUT2D eigenvalue weighted by molar-refractivity contribution is 7.89. The van der Waals surface area contributed by atoms with Crippen LogP contribution in [0.25, 0.3) is 0 Å². The van der Waals surface area contributed by atoms with Gasteiger partial charge in [-0.1, -0.05) is 35.9 Å². The summed E-state index contributed by atoms with van der Waals surface area (Å²) in [6.07, 6.45) is -1.04. The number of nitrogens with one attached hydrogen (secondary N) is 1. The number of hydrogen-bond acceptors (Lipinski definition) is 5. The maximum absolute atomic E-state index is 12.6. The fourth-order valence-electron chi connectivity index (χ4n) is 2.54. The number of hydrogen-bond donors (Lipinski definition) is 1. The van der Waals surface area contributed by atoms with Crippen LogP contribution in [0.15, 0.2) is 59.5 Å². The van der Waals surface area contributed by atoms with Gasteiger partial charge in [0.25, 0.3) is 5.91 Å².